The smallest absolute Gasteiger partial charge is 0.264 e. The number of hydrogen-bond acceptors (Lipinski definition) is 3. The normalized spacial score (nSPS) is 20.1. The maximum absolute atomic E-state index is 13.1. The molecule has 2 aliphatic rings. The van der Waals surface area contributed by atoms with Crippen LogP contribution in [-0.4, -0.2) is 29.8 Å². The van der Waals surface area contributed by atoms with E-state index in [-0.39, 0.29) is 23.8 Å². The number of fused-ring (bicyclic) bond motifs is 1. The van der Waals surface area contributed by atoms with Crippen molar-refractivity contribution in [3.05, 3.63) is 57.8 Å². The summed E-state index contributed by atoms with van der Waals surface area (Å²) in [6, 6.07) is 12.0. The van der Waals surface area contributed by atoms with Crippen molar-refractivity contribution >= 4 is 23.2 Å². The Balaban J connectivity index is 1.53. The van der Waals surface area contributed by atoms with Gasteiger partial charge in [0.15, 0.2) is 0 Å². The van der Waals surface area contributed by atoms with E-state index < -0.39 is 0 Å². The van der Waals surface area contributed by atoms with Crippen LogP contribution in [0.1, 0.15) is 58.9 Å². The average molecular weight is 383 g/mol. The maximum Gasteiger partial charge on any atom is 0.264 e. The molecular weight excluding hydrogens is 356 g/mol. The zero-order valence-corrected chi connectivity index (χ0v) is 16.3. The van der Waals surface area contributed by atoms with Gasteiger partial charge in [-0.1, -0.05) is 49.6 Å². The first-order chi connectivity index (χ1) is 13.2. The van der Waals surface area contributed by atoms with Gasteiger partial charge in [-0.2, -0.15) is 0 Å². The van der Waals surface area contributed by atoms with E-state index in [1.54, 1.807) is 0 Å². The summed E-state index contributed by atoms with van der Waals surface area (Å²) in [7, 11) is 0. The predicted molar refractivity (Wildman–Crippen MR) is 108 cm³/mol. The monoisotopic (exact) mass is 382 g/mol. The topological polar surface area (TPSA) is 49.4 Å². The summed E-state index contributed by atoms with van der Waals surface area (Å²) < 4.78 is 0. The zero-order valence-electron chi connectivity index (χ0n) is 15.5. The van der Waals surface area contributed by atoms with Crippen LogP contribution < -0.4 is 5.32 Å². The van der Waals surface area contributed by atoms with Gasteiger partial charge >= 0.3 is 0 Å². The van der Waals surface area contributed by atoms with Crippen molar-refractivity contribution in [1.82, 2.24) is 10.2 Å². The minimum Gasteiger partial charge on any atom is -0.353 e. The number of nitrogens with zero attached hydrogens (tertiary/aromatic N) is 1. The summed E-state index contributed by atoms with van der Waals surface area (Å²) in [6.07, 6.45) is 6.37. The van der Waals surface area contributed by atoms with E-state index in [0.717, 1.165) is 42.5 Å². The minimum atomic E-state index is -0.0999. The molecule has 1 aliphatic carbocycles. The number of rotatable bonds is 4. The summed E-state index contributed by atoms with van der Waals surface area (Å²) in [6.45, 7) is 1.18. The Morgan fingerprint density at radius 2 is 1.89 bits per heavy atom. The van der Waals surface area contributed by atoms with Gasteiger partial charge in [-0.15, -0.1) is 11.3 Å². The van der Waals surface area contributed by atoms with Gasteiger partial charge in [0.05, 0.1) is 10.9 Å². The lowest BCUT2D eigenvalue weighted by molar-refractivity contribution is -0.126. The molecule has 2 heterocycles. The molecule has 4 nitrogen and oxygen atoms in total. The lowest BCUT2D eigenvalue weighted by Gasteiger charge is -2.37. The van der Waals surface area contributed by atoms with Crippen molar-refractivity contribution in [3.8, 4) is 0 Å². The molecular formula is C22H26N2O2S. The molecule has 1 aromatic heterocycles. The highest BCUT2D eigenvalue weighted by Crippen LogP contribution is 2.31. The molecule has 0 saturated heterocycles. The number of carbonyl (C=O) groups excluding carboxylic acids is 2. The van der Waals surface area contributed by atoms with E-state index in [1.165, 1.54) is 23.3 Å². The third-order valence-corrected chi connectivity index (χ3v) is 6.71. The Bertz CT molecular complexity index is 796. The predicted octanol–water partition coefficient (Wildman–Crippen LogP) is 4.18. The number of benzene rings is 1. The van der Waals surface area contributed by atoms with Crippen molar-refractivity contribution < 1.29 is 9.59 Å². The van der Waals surface area contributed by atoms with Crippen LogP contribution >= 0.6 is 11.3 Å². The van der Waals surface area contributed by atoms with Gasteiger partial charge in [0.2, 0.25) is 5.91 Å². The molecule has 0 unspecified atom stereocenters. The van der Waals surface area contributed by atoms with Gasteiger partial charge in [0, 0.05) is 19.0 Å². The average Bonchev–Trinajstić information content (AvgIpc) is 3.26. The molecule has 5 heteroatoms. The molecule has 1 atom stereocenters. The van der Waals surface area contributed by atoms with E-state index >= 15 is 0 Å². The summed E-state index contributed by atoms with van der Waals surface area (Å²) in [5, 5.41) is 5.10. The molecule has 1 saturated carbocycles. The number of nitrogens with one attached hydrogen (secondary N) is 1. The van der Waals surface area contributed by atoms with Crippen molar-refractivity contribution in [3.63, 3.8) is 0 Å². The van der Waals surface area contributed by atoms with Gasteiger partial charge in [0.1, 0.15) is 0 Å². The molecule has 0 spiro atoms. The summed E-state index contributed by atoms with van der Waals surface area (Å²) in [4.78, 5) is 28.4. The second-order valence-corrected chi connectivity index (χ2v) is 8.47. The van der Waals surface area contributed by atoms with E-state index in [9.17, 15) is 9.59 Å². The SMILES string of the molecule is O=C(NC[C@@H]1c2ccccc2CCN1C(=O)c1cccs1)C1CCCCC1. The lowest BCUT2D eigenvalue weighted by Crippen LogP contribution is -2.46. The fourth-order valence-corrected chi connectivity index (χ4v) is 5.04. The molecule has 1 fully saturated rings. The van der Waals surface area contributed by atoms with Gasteiger partial charge in [-0.05, 0) is 41.8 Å². The molecule has 142 valence electrons. The molecule has 0 bridgehead atoms. The number of thiophene rings is 1. The highest BCUT2D eigenvalue weighted by Gasteiger charge is 2.32. The largest absolute Gasteiger partial charge is 0.353 e. The van der Waals surface area contributed by atoms with Crippen LogP contribution in [0.4, 0.5) is 0 Å². The molecule has 1 aromatic carbocycles. The Hall–Kier alpha value is -2.14. The quantitative estimate of drug-likeness (QED) is 0.862. The van der Waals surface area contributed by atoms with Crippen LogP contribution in [0.25, 0.3) is 0 Å². The Morgan fingerprint density at radius 3 is 2.67 bits per heavy atom. The van der Waals surface area contributed by atoms with E-state index in [1.807, 2.05) is 34.5 Å². The van der Waals surface area contributed by atoms with Gasteiger partial charge < -0.3 is 10.2 Å². The first kappa shape index (κ1) is 18.2. The molecule has 4 rings (SSSR count). The Kier molecular flexibility index (Phi) is 5.58. The fourth-order valence-electron chi connectivity index (χ4n) is 4.36. The van der Waals surface area contributed by atoms with Crippen LogP contribution in [0.2, 0.25) is 0 Å². The third kappa shape index (κ3) is 3.93. The molecule has 2 amide bonds. The molecule has 1 N–H and O–H groups in total. The van der Waals surface area contributed by atoms with Crippen LogP contribution in [0, 0.1) is 5.92 Å². The maximum atomic E-state index is 13.1. The van der Waals surface area contributed by atoms with Crippen LogP contribution in [0.5, 0.6) is 0 Å². The molecule has 2 aromatic rings. The van der Waals surface area contributed by atoms with Gasteiger partial charge in [0.25, 0.3) is 5.91 Å². The summed E-state index contributed by atoms with van der Waals surface area (Å²) in [5.74, 6) is 0.358. The Morgan fingerprint density at radius 1 is 1.07 bits per heavy atom. The Labute approximate surface area is 164 Å². The summed E-state index contributed by atoms with van der Waals surface area (Å²) >= 11 is 1.48. The minimum absolute atomic E-state index is 0.0661. The second-order valence-electron chi connectivity index (χ2n) is 7.52. The number of carbonyl (C=O) groups is 2. The highest BCUT2D eigenvalue weighted by molar-refractivity contribution is 7.12. The molecule has 27 heavy (non-hydrogen) atoms. The standard InChI is InChI=1S/C22H26N2O2S/c25-21(17-8-2-1-3-9-17)23-15-19-18-10-5-4-7-16(18)12-13-24(19)22(26)20-11-6-14-27-20/h4-7,10-11,14,17,19H,1-3,8-9,12-13,15H2,(H,23,25)/t19-/m1/s1. The van der Waals surface area contributed by atoms with Crippen molar-refractivity contribution in [2.75, 3.05) is 13.1 Å². The molecule has 1 aliphatic heterocycles. The van der Waals surface area contributed by atoms with Crippen molar-refractivity contribution in [1.29, 1.82) is 0 Å². The van der Waals surface area contributed by atoms with Gasteiger partial charge in [-0.25, -0.2) is 0 Å². The van der Waals surface area contributed by atoms with E-state index in [0.29, 0.717) is 13.1 Å². The first-order valence-electron chi connectivity index (χ1n) is 9.94. The number of hydrogen-bond donors (Lipinski definition) is 1. The lowest BCUT2D eigenvalue weighted by atomic mass is 9.88. The third-order valence-electron chi connectivity index (χ3n) is 5.85. The van der Waals surface area contributed by atoms with Crippen LogP contribution in [0.3, 0.4) is 0 Å². The van der Waals surface area contributed by atoms with Crippen molar-refractivity contribution in [2.45, 2.75) is 44.6 Å². The number of amides is 2. The van der Waals surface area contributed by atoms with Crippen LogP contribution in [-0.2, 0) is 11.2 Å². The summed E-state index contributed by atoms with van der Waals surface area (Å²) in [5.41, 5.74) is 2.45. The van der Waals surface area contributed by atoms with Crippen molar-refractivity contribution in [2.24, 2.45) is 5.92 Å². The van der Waals surface area contributed by atoms with E-state index in [2.05, 4.69) is 17.4 Å². The zero-order chi connectivity index (χ0) is 18.6. The van der Waals surface area contributed by atoms with E-state index in [4.69, 9.17) is 0 Å². The fraction of sp³-hybridized carbons (Fsp3) is 0.455. The van der Waals surface area contributed by atoms with Gasteiger partial charge in [-0.3, -0.25) is 9.59 Å². The van der Waals surface area contributed by atoms with Crippen LogP contribution in [0.15, 0.2) is 41.8 Å². The first-order valence-corrected chi connectivity index (χ1v) is 10.8. The highest BCUT2D eigenvalue weighted by atomic mass is 32.1. The second kappa shape index (κ2) is 8.26. The molecule has 0 radical (unpaired) electrons.